The molecule has 3 rings (SSSR count). The number of aromatic nitrogens is 1. The van der Waals surface area contributed by atoms with Crippen molar-refractivity contribution in [3.05, 3.63) is 18.0 Å². The van der Waals surface area contributed by atoms with Crippen LogP contribution in [-0.4, -0.2) is 71.4 Å². The number of hydrogen-bond acceptors (Lipinski definition) is 5. The molecule has 0 aromatic carbocycles. The molecule has 1 saturated carbocycles. The topological polar surface area (TPSA) is 77.1 Å². The first-order valence-corrected chi connectivity index (χ1v) is 8.98. The zero-order valence-corrected chi connectivity index (χ0v) is 14.6. The van der Waals surface area contributed by atoms with E-state index < -0.39 is 5.60 Å². The molecule has 7 nitrogen and oxygen atoms in total. The first-order chi connectivity index (χ1) is 11.7. The molecule has 1 aliphatic carbocycles. The van der Waals surface area contributed by atoms with Crippen LogP contribution in [0.1, 0.15) is 37.8 Å². The number of nitrogens with one attached hydrogen (secondary N) is 1. The lowest BCUT2D eigenvalue weighted by atomic mass is 9.85. The third-order valence-electron chi connectivity index (χ3n) is 5.12. The molecular weight excluding hydrogens is 306 g/mol. The number of aliphatic imine (C=N–C) groups is 1. The van der Waals surface area contributed by atoms with Crippen LogP contribution in [0.3, 0.4) is 0 Å². The van der Waals surface area contributed by atoms with E-state index in [0.29, 0.717) is 6.54 Å². The highest BCUT2D eigenvalue weighted by Gasteiger charge is 2.30. The predicted octanol–water partition coefficient (Wildman–Crippen LogP) is 1.06. The average molecular weight is 335 g/mol. The van der Waals surface area contributed by atoms with Gasteiger partial charge in [0.05, 0.1) is 11.3 Å². The van der Waals surface area contributed by atoms with Crippen LogP contribution < -0.4 is 5.32 Å². The van der Waals surface area contributed by atoms with Crippen LogP contribution in [-0.2, 0) is 6.54 Å². The molecular formula is C17H29N5O2. The summed E-state index contributed by atoms with van der Waals surface area (Å²) in [5, 5.41) is 18.0. The third kappa shape index (κ3) is 4.48. The Balaban J connectivity index is 1.45. The molecule has 0 bridgehead atoms. The summed E-state index contributed by atoms with van der Waals surface area (Å²) < 4.78 is 4.89. The van der Waals surface area contributed by atoms with E-state index in [-0.39, 0.29) is 0 Å². The Morgan fingerprint density at radius 2 is 2.04 bits per heavy atom. The Hall–Kier alpha value is -1.60. The van der Waals surface area contributed by atoms with E-state index in [0.717, 1.165) is 70.1 Å². The molecule has 1 aliphatic heterocycles. The highest BCUT2D eigenvalue weighted by molar-refractivity contribution is 5.80. The van der Waals surface area contributed by atoms with Crippen LogP contribution in [0.2, 0.25) is 0 Å². The lowest BCUT2D eigenvalue weighted by molar-refractivity contribution is 0.00790. The molecule has 2 N–H and O–H groups in total. The minimum absolute atomic E-state index is 0.567. The Morgan fingerprint density at radius 1 is 1.29 bits per heavy atom. The summed E-state index contributed by atoms with van der Waals surface area (Å²) in [6.45, 7) is 5.22. The van der Waals surface area contributed by atoms with Crippen molar-refractivity contribution in [2.75, 3.05) is 39.8 Å². The van der Waals surface area contributed by atoms with Gasteiger partial charge in [-0.1, -0.05) is 24.4 Å². The van der Waals surface area contributed by atoms with Crippen molar-refractivity contribution >= 4 is 5.96 Å². The van der Waals surface area contributed by atoms with Gasteiger partial charge < -0.3 is 19.8 Å². The first-order valence-electron chi connectivity index (χ1n) is 8.98. The molecule has 7 heteroatoms. The molecule has 1 aromatic heterocycles. The van der Waals surface area contributed by atoms with Gasteiger partial charge >= 0.3 is 0 Å². The van der Waals surface area contributed by atoms with Crippen molar-refractivity contribution in [3.63, 3.8) is 0 Å². The maximum Gasteiger partial charge on any atom is 0.193 e. The molecule has 24 heavy (non-hydrogen) atoms. The number of aliphatic hydroxyl groups is 1. The second-order valence-electron chi connectivity index (χ2n) is 6.94. The fourth-order valence-corrected chi connectivity index (χ4v) is 3.63. The van der Waals surface area contributed by atoms with Gasteiger partial charge in [0.2, 0.25) is 0 Å². The summed E-state index contributed by atoms with van der Waals surface area (Å²) in [7, 11) is 1.81. The monoisotopic (exact) mass is 335 g/mol. The molecule has 2 fully saturated rings. The molecule has 1 saturated heterocycles. The summed E-state index contributed by atoms with van der Waals surface area (Å²) in [6, 6.07) is 1.91. The number of piperazine rings is 1. The van der Waals surface area contributed by atoms with Crippen molar-refractivity contribution < 1.29 is 9.63 Å². The Bertz CT molecular complexity index is 517. The molecule has 0 radical (unpaired) electrons. The summed E-state index contributed by atoms with van der Waals surface area (Å²) in [5.74, 6) is 0.898. The Labute approximate surface area is 143 Å². The standard InChI is InChI=1S/C17H29N5O2/c1-18-16(19-14-17(23)6-3-2-4-7-17)22-10-8-21(9-11-22)13-15-5-12-24-20-15/h5,12,23H,2-4,6-11,13-14H2,1H3,(H,18,19). The van der Waals surface area contributed by atoms with Crippen molar-refractivity contribution in [2.45, 2.75) is 44.2 Å². The number of rotatable bonds is 4. The van der Waals surface area contributed by atoms with Gasteiger partial charge in [-0.05, 0) is 12.8 Å². The molecule has 1 aromatic rings. The Kier molecular flexibility index (Phi) is 5.73. The van der Waals surface area contributed by atoms with Gasteiger partial charge in [-0.15, -0.1) is 0 Å². The van der Waals surface area contributed by atoms with E-state index in [1.165, 1.54) is 6.42 Å². The van der Waals surface area contributed by atoms with Crippen LogP contribution in [0.4, 0.5) is 0 Å². The molecule has 2 heterocycles. The second kappa shape index (κ2) is 7.98. The van der Waals surface area contributed by atoms with E-state index in [1.807, 2.05) is 13.1 Å². The summed E-state index contributed by atoms with van der Waals surface area (Å²) in [4.78, 5) is 9.04. The van der Waals surface area contributed by atoms with Gasteiger partial charge in [-0.2, -0.15) is 0 Å². The first kappa shape index (κ1) is 17.2. The highest BCUT2D eigenvalue weighted by Crippen LogP contribution is 2.27. The number of guanidine groups is 1. The zero-order chi connectivity index (χ0) is 16.8. The lowest BCUT2D eigenvalue weighted by Gasteiger charge is -2.38. The summed E-state index contributed by atoms with van der Waals surface area (Å²) in [5.41, 5.74) is 0.411. The lowest BCUT2D eigenvalue weighted by Crippen LogP contribution is -2.54. The number of nitrogens with zero attached hydrogens (tertiary/aromatic N) is 4. The van der Waals surface area contributed by atoms with Crippen molar-refractivity contribution in [2.24, 2.45) is 4.99 Å². The van der Waals surface area contributed by atoms with Gasteiger partial charge in [0, 0.05) is 52.4 Å². The van der Waals surface area contributed by atoms with Gasteiger partial charge in [0.25, 0.3) is 0 Å². The van der Waals surface area contributed by atoms with Gasteiger partial charge in [-0.3, -0.25) is 9.89 Å². The van der Waals surface area contributed by atoms with E-state index >= 15 is 0 Å². The summed E-state index contributed by atoms with van der Waals surface area (Å²) in [6.07, 6.45) is 6.89. The predicted molar refractivity (Wildman–Crippen MR) is 92.7 cm³/mol. The Morgan fingerprint density at radius 3 is 2.67 bits per heavy atom. The maximum absolute atomic E-state index is 10.6. The van der Waals surface area contributed by atoms with E-state index in [9.17, 15) is 5.11 Å². The summed E-state index contributed by atoms with van der Waals surface area (Å²) >= 11 is 0. The van der Waals surface area contributed by atoms with Crippen molar-refractivity contribution in [3.8, 4) is 0 Å². The third-order valence-corrected chi connectivity index (χ3v) is 5.12. The average Bonchev–Trinajstić information content (AvgIpc) is 3.10. The van der Waals surface area contributed by atoms with Crippen LogP contribution in [0.5, 0.6) is 0 Å². The van der Waals surface area contributed by atoms with Crippen molar-refractivity contribution in [1.82, 2.24) is 20.3 Å². The molecule has 134 valence electrons. The SMILES string of the molecule is CN=C(NCC1(O)CCCCC1)N1CCN(Cc2ccon2)CC1. The molecule has 0 unspecified atom stereocenters. The van der Waals surface area contributed by atoms with Gasteiger partial charge in [-0.25, -0.2) is 0 Å². The molecule has 0 atom stereocenters. The smallest absolute Gasteiger partial charge is 0.193 e. The molecule has 0 spiro atoms. The normalized spacial score (nSPS) is 22.6. The van der Waals surface area contributed by atoms with E-state index in [4.69, 9.17) is 4.52 Å². The second-order valence-corrected chi connectivity index (χ2v) is 6.94. The van der Waals surface area contributed by atoms with Gasteiger partial charge in [0.15, 0.2) is 5.96 Å². The van der Waals surface area contributed by atoms with Crippen LogP contribution >= 0.6 is 0 Å². The van der Waals surface area contributed by atoms with Crippen molar-refractivity contribution in [1.29, 1.82) is 0 Å². The van der Waals surface area contributed by atoms with Crippen LogP contribution in [0.15, 0.2) is 21.8 Å². The van der Waals surface area contributed by atoms with Crippen LogP contribution in [0, 0.1) is 0 Å². The molecule has 0 amide bonds. The number of hydrogen-bond donors (Lipinski definition) is 2. The quantitative estimate of drug-likeness (QED) is 0.633. The fourth-order valence-electron chi connectivity index (χ4n) is 3.63. The van der Waals surface area contributed by atoms with E-state index in [1.54, 1.807) is 6.26 Å². The largest absolute Gasteiger partial charge is 0.388 e. The zero-order valence-electron chi connectivity index (χ0n) is 14.6. The highest BCUT2D eigenvalue weighted by atomic mass is 16.5. The van der Waals surface area contributed by atoms with Crippen LogP contribution in [0.25, 0.3) is 0 Å². The minimum atomic E-state index is -0.567. The molecule has 2 aliphatic rings. The van der Waals surface area contributed by atoms with E-state index in [2.05, 4.69) is 25.3 Å². The maximum atomic E-state index is 10.6. The van der Waals surface area contributed by atoms with Gasteiger partial charge in [0.1, 0.15) is 6.26 Å². The fraction of sp³-hybridized carbons (Fsp3) is 0.765. The minimum Gasteiger partial charge on any atom is -0.388 e.